The zero-order valence-electron chi connectivity index (χ0n) is 7.93. The molecule has 1 amide bonds. The van der Waals surface area contributed by atoms with Crippen molar-refractivity contribution >= 4 is 17.4 Å². The normalized spacial score (nSPS) is 10.1. The van der Waals surface area contributed by atoms with E-state index in [1.165, 1.54) is 11.5 Å². The number of hydrogen-bond acceptors (Lipinski definition) is 4. The summed E-state index contributed by atoms with van der Waals surface area (Å²) in [6.45, 7) is 0.594. The smallest absolute Gasteiger partial charge is 0.253 e. The predicted molar refractivity (Wildman–Crippen MR) is 56.7 cm³/mol. The third kappa shape index (κ3) is 2.63. The zero-order chi connectivity index (χ0) is 10.5. The van der Waals surface area contributed by atoms with Crippen molar-refractivity contribution in [1.29, 1.82) is 0 Å². The average Bonchev–Trinajstić information content (AvgIpc) is 2.90. The van der Waals surface area contributed by atoms with Crippen LogP contribution < -0.4 is 5.32 Å². The second-order valence-electron chi connectivity index (χ2n) is 3.00. The monoisotopic (exact) mass is 222 g/mol. The molecule has 0 aliphatic carbocycles. The number of imidazole rings is 1. The second-order valence-corrected chi connectivity index (χ2v) is 3.65. The Morgan fingerprint density at radius 2 is 2.47 bits per heavy atom. The van der Waals surface area contributed by atoms with E-state index in [1.807, 2.05) is 0 Å². The first kappa shape index (κ1) is 9.85. The summed E-state index contributed by atoms with van der Waals surface area (Å²) in [5.41, 5.74) is 1.63. The molecule has 0 spiro atoms. The molecule has 2 rings (SSSR count). The van der Waals surface area contributed by atoms with Crippen molar-refractivity contribution in [3.8, 4) is 0 Å². The standard InChI is InChI=1S/C9H10N4OS/c14-9(7-3-13-15-5-7)11-2-1-8-4-10-6-12-8/h3-6H,1-2H2,(H,10,12)(H,11,14). The Labute approximate surface area is 90.7 Å². The summed E-state index contributed by atoms with van der Waals surface area (Å²) in [7, 11) is 0. The molecule has 78 valence electrons. The Kier molecular flexibility index (Phi) is 3.08. The van der Waals surface area contributed by atoms with Gasteiger partial charge in [0.05, 0.1) is 18.1 Å². The Balaban J connectivity index is 1.77. The van der Waals surface area contributed by atoms with E-state index in [4.69, 9.17) is 0 Å². The lowest BCUT2D eigenvalue weighted by Gasteiger charge is -2.01. The molecule has 0 saturated heterocycles. The lowest BCUT2D eigenvalue weighted by molar-refractivity contribution is 0.0954. The maximum atomic E-state index is 11.5. The quantitative estimate of drug-likeness (QED) is 0.805. The van der Waals surface area contributed by atoms with Gasteiger partial charge < -0.3 is 10.3 Å². The van der Waals surface area contributed by atoms with E-state index in [9.17, 15) is 4.79 Å². The summed E-state index contributed by atoms with van der Waals surface area (Å²) in [5, 5.41) is 4.53. The van der Waals surface area contributed by atoms with Gasteiger partial charge in [0.25, 0.3) is 5.91 Å². The van der Waals surface area contributed by atoms with Gasteiger partial charge in [-0.15, -0.1) is 0 Å². The van der Waals surface area contributed by atoms with Crippen LogP contribution in [0.2, 0.25) is 0 Å². The van der Waals surface area contributed by atoms with Crippen molar-refractivity contribution in [2.24, 2.45) is 0 Å². The number of aromatic nitrogens is 3. The molecule has 0 fully saturated rings. The highest BCUT2D eigenvalue weighted by molar-refractivity contribution is 7.03. The predicted octanol–water partition coefficient (Wildman–Crippen LogP) is 0.839. The minimum Gasteiger partial charge on any atom is -0.352 e. The van der Waals surface area contributed by atoms with Crippen LogP contribution in [0.1, 0.15) is 16.1 Å². The highest BCUT2D eigenvalue weighted by Gasteiger charge is 2.05. The number of hydrogen-bond donors (Lipinski definition) is 2. The molecule has 2 N–H and O–H groups in total. The lowest BCUT2D eigenvalue weighted by atomic mass is 10.3. The van der Waals surface area contributed by atoms with Gasteiger partial charge in [0, 0.05) is 30.2 Å². The van der Waals surface area contributed by atoms with E-state index in [2.05, 4.69) is 19.7 Å². The van der Waals surface area contributed by atoms with E-state index >= 15 is 0 Å². The molecule has 6 heteroatoms. The van der Waals surface area contributed by atoms with Crippen molar-refractivity contribution in [2.75, 3.05) is 6.54 Å². The number of carbonyl (C=O) groups excluding carboxylic acids is 1. The molecule has 0 saturated carbocycles. The van der Waals surface area contributed by atoms with Gasteiger partial charge >= 0.3 is 0 Å². The summed E-state index contributed by atoms with van der Waals surface area (Å²) in [5.74, 6) is -0.0803. The molecule has 0 aromatic carbocycles. The van der Waals surface area contributed by atoms with E-state index in [1.54, 1.807) is 24.1 Å². The Morgan fingerprint density at radius 1 is 1.53 bits per heavy atom. The molecule has 5 nitrogen and oxygen atoms in total. The van der Waals surface area contributed by atoms with Crippen LogP contribution in [0.4, 0.5) is 0 Å². The number of H-pyrrole nitrogens is 1. The number of aromatic amines is 1. The van der Waals surface area contributed by atoms with Gasteiger partial charge in [0.15, 0.2) is 0 Å². The Bertz CT molecular complexity index is 409. The van der Waals surface area contributed by atoms with Crippen LogP contribution in [0.5, 0.6) is 0 Å². The van der Waals surface area contributed by atoms with Crippen LogP contribution in [0.15, 0.2) is 24.1 Å². The van der Waals surface area contributed by atoms with Crippen molar-refractivity contribution in [1.82, 2.24) is 19.7 Å². The van der Waals surface area contributed by atoms with E-state index in [0.717, 1.165) is 12.1 Å². The number of nitrogens with one attached hydrogen (secondary N) is 2. The Hall–Kier alpha value is -1.69. The molecule has 2 heterocycles. The minimum absolute atomic E-state index is 0.0803. The fourth-order valence-electron chi connectivity index (χ4n) is 1.15. The number of nitrogens with zero attached hydrogens (tertiary/aromatic N) is 2. The summed E-state index contributed by atoms with van der Waals surface area (Å²) in [4.78, 5) is 18.3. The van der Waals surface area contributed by atoms with Gasteiger partial charge in [-0.25, -0.2) is 9.36 Å². The van der Waals surface area contributed by atoms with Crippen molar-refractivity contribution in [3.05, 3.63) is 35.4 Å². The van der Waals surface area contributed by atoms with Crippen molar-refractivity contribution in [3.63, 3.8) is 0 Å². The minimum atomic E-state index is -0.0803. The van der Waals surface area contributed by atoms with E-state index in [0.29, 0.717) is 12.1 Å². The molecule has 2 aromatic rings. The molecule has 0 aliphatic rings. The zero-order valence-corrected chi connectivity index (χ0v) is 8.75. The topological polar surface area (TPSA) is 70.7 Å². The van der Waals surface area contributed by atoms with Crippen LogP contribution in [0, 0.1) is 0 Å². The maximum absolute atomic E-state index is 11.5. The van der Waals surface area contributed by atoms with Crippen LogP contribution >= 0.6 is 11.5 Å². The lowest BCUT2D eigenvalue weighted by Crippen LogP contribution is -2.25. The van der Waals surface area contributed by atoms with Gasteiger partial charge in [-0.1, -0.05) is 0 Å². The molecule has 15 heavy (non-hydrogen) atoms. The fraction of sp³-hybridized carbons (Fsp3) is 0.222. The number of amides is 1. The van der Waals surface area contributed by atoms with Gasteiger partial charge in [0.2, 0.25) is 0 Å². The molecular formula is C9H10N4OS. The fourth-order valence-corrected chi connectivity index (χ4v) is 1.67. The second kappa shape index (κ2) is 4.70. The van der Waals surface area contributed by atoms with E-state index in [-0.39, 0.29) is 5.91 Å². The van der Waals surface area contributed by atoms with Crippen molar-refractivity contribution in [2.45, 2.75) is 6.42 Å². The molecular weight excluding hydrogens is 212 g/mol. The SMILES string of the molecule is O=C(NCCc1cnc[nH]1)c1cnsc1. The summed E-state index contributed by atoms with van der Waals surface area (Å²) in [6, 6.07) is 0. The first-order valence-electron chi connectivity index (χ1n) is 4.51. The third-order valence-corrected chi connectivity index (χ3v) is 2.52. The maximum Gasteiger partial charge on any atom is 0.253 e. The Morgan fingerprint density at radius 3 is 3.13 bits per heavy atom. The summed E-state index contributed by atoms with van der Waals surface area (Å²) in [6.07, 6.45) is 5.69. The molecule has 2 aromatic heterocycles. The van der Waals surface area contributed by atoms with Gasteiger partial charge in [-0.05, 0) is 11.5 Å². The number of carbonyl (C=O) groups is 1. The molecule has 0 bridgehead atoms. The van der Waals surface area contributed by atoms with Crippen molar-refractivity contribution < 1.29 is 4.79 Å². The van der Waals surface area contributed by atoms with E-state index < -0.39 is 0 Å². The molecule has 0 radical (unpaired) electrons. The van der Waals surface area contributed by atoms with Crippen LogP contribution in [-0.2, 0) is 6.42 Å². The van der Waals surface area contributed by atoms with Gasteiger partial charge in [-0.2, -0.15) is 0 Å². The summed E-state index contributed by atoms with van der Waals surface area (Å²) >= 11 is 1.27. The van der Waals surface area contributed by atoms with Crippen LogP contribution in [0.25, 0.3) is 0 Å². The highest BCUT2D eigenvalue weighted by atomic mass is 32.1. The molecule has 0 atom stereocenters. The third-order valence-electron chi connectivity index (χ3n) is 1.93. The average molecular weight is 222 g/mol. The number of rotatable bonds is 4. The van der Waals surface area contributed by atoms with Crippen LogP contribution in [-0.4, -0.2) is 26.8 Å². The molecule has 0 unspecified atom stereocenters. The first-order chi connectivity index (χ1) is 7.36. The first-order valence-corrected chi connectivity index (χ1v) is 5.35. The van der Waals surface area contributed by atoms with Gasteiger partial charge in [0.1, 0.15) is 0 Å². The highest BCUT2D eigenvalue weighted by Crippen LogP contribution is 2.00. The molecule has 0 aliphatic heterocycles. The largest absolute Gasteiger partial charge is 0.352 e. The van der Waals surface area contributed by atoms with Crippen LogP contribution in [0.3, 0.4) is 0 Å². The van der Waals surface area contributed by atoms with Gasteiger partial charge in [-0.3, -0.25) is 4.79 Å². The summed E-state index contributed by atoms with van der Waals surface area (Å²) < 4.78 is 3.87.